The van der Waals surface area contributed by atoms with Crippen LogP contribution in [0.3, 0.4) is 0 Å². The molecule has 1 aliphatic rings. The number of hydrogen-bond donors (Lipinski definition) is 0. The molecule has 1 saturated heterocycles. The average molecular weight is 226 g/mol. The summed E-state index contributed by atoms with van der Waals surface area (Å²) < 4.78 is 10.6. The van der Waals surface area contributed by atoms with Crippen molar-refractivity contribution in [2.75, 3.05) is 6.61 Å². The fraction of sp³-hybridized carbons (Fsp3) is 0.769. The zero-order valence-electron chi connectivity index (χ0n) is 10.3. The van der Waals surface area contributed by atoms with E-state index in [1.807, 2.05) is 6.92 Å². The van der Waals surface area contributed by atoms with E-state index in [0.717, 1.165) is 38.7 Å². The van der Waals surface area contributed by atoms with Gasteiger partial charge >= 0.3 is 5.97 Å². The Morgan fingerprint density at radius 1 is 1.44 bits per heavy atom. The Kier molecular flexibility index (Phi) is 6.16. The molecule has 0 aromatic rings. The van der Waals surface area contributed by atoms with E-state index in [-0.39, 0.29) is 12.3 Å². The Hall–Kier alpha value is -0.830. The molecular formula is C13H22O3. The van der Waals surface area contributed by atoms with E-state index >= 15 is 0 Å². The van der Waals surface area contributed by atoms with Gasteiger partial charge in [-0.3, -0.25) is 4.79 Å². The molecular weight excluding hydrogens is 204 g/mol. The van der Waals surface area contributed by atoms with Crippen LogP contribution >= 0.6 is 0 Å². The van der Waals surface area contributed by atoms with E-state index in [2.05, 4.69) is 13.0 Å². The third kappa shape index (κ3) is 5.31. The van der Waals surface area contributed by atoms with Crippen molar-refractivity contribution >= 4 is 5.97 Å². The number of esters is 1. The molecule has 0 bridgehead atoms. The van der Waals surface area contributed by atoms with Crippen LogP contribution in [0.4, 0.5) is 0 Å². The molecule has 0 aromatic carbocycles. The van der Waals surface area contributed by atoms with Gasteiger partial charge in [0, 0.05) is 12.8 Å². The van der Waals surface area contributed by atoms with Crippen molar-refractivity contribution in [3.8, 4) is 0 Å². The van der Waals surface area contributed by atoms with Gasteiger partial charge < -0.3 is 9.47 Å². The van der Waals surface area contributed by atoms with Crippen molar-refractivity contribution in [2.24, 2.45) is 0 Å². The summed E-state index contributed by atoms with van der Waals surface area (Å²) in [6, 6.07) is 0. The summed E-state index contributed by atoms with van der Waals surface area (Å²) in [5, 5.41) is 0. The topological polar surface area (TPSA) is 35.5 Å². The second-order valence-electron chi connectivity index (χ2n) is 4.27. The molecule has 1 unspecified atom stereocenters. The Balaban J connectivity index is 2.10. The van der Waals surface area contributed by atoms with Gasteiger partial charge in [-0.2, -0.15) is 0 Å². The first-order valence-electron chi connectivity index (χ1n) is 6.15. The van der Waals surface area contributed by atoms with Gasteiger partial charge in [0.1, 0.15) is 0 Å². The highest BCUT2D eigenvalue weighted by atomic mass is 16.7. The van der Waals surface area contributed by atoms with Gasteiger partial charge in [-0.15, -0.1) is 0 Å². The van der Waals surface area contributed by atoms with Crippen molar-refractivity contribution in [1.82, 2.24) is 0 Å². The second kappa shape index (κ2) is 7.44. The maximum absolute atomic E-state index is 11.5. The molecule has 1 atom stereocenters. The van der Waals surface area contributed by atoms with E-state index in [0.29, 0.717) is 6.42 Å². The van der Waals surface area contributed by atoms with E-state index < -0.39 is 0 Å². The lowest BCUT2D eigenvalue weighted by Gasteiger charge is -2.22. The average Bonchev–Trinajstić information content (AvgIpc) is 2.30. The van der Waals surface area contributed by atoms with Gasteiger partial charge in [0.05, 0.1) is 6.61 Å². The Morgan fingerprint density at radius 3 is 2.88 bits per heavy atom. The lowest BCUT2D eigenvalue weighted by Crippen LogP contribution is -2.25. The SMILES string of the molecule is C/C=C(\C)CCCC(=O)OC1CCCCO1. The zero-order valence-corrected chi connectivity index (χ0v) is 10.3. The zero-order chi connectivity index (χ0) is 11.8. The molecule has 0 spiro atoms. The highest BCUT2D eigenvalue weighted by Gasteiger charge is 2.17. The normalized spacial score (nSPS) is 21.9. The van der Waals surface area contributed by atoms with Crippen molar-refractivity contribution in [3.63, 3.8) is 0 Å². The second-order valence-corrected chi connectivity index (χ2v) is 4.27. The summed E-state index contributed by atoms with van der Waals surface area (Å²) in [4.78, 5) is 11.5. The lowest BCUT2D eigenvalue weighted by molar-refractivity contribution is -0.186. The molecule has 3 heteroatoms. The lowest BCUT2D eigenvalue weighted by atomic mass is 10.1. The van der Waals surface area contributed by atoms with Crippen molar-refractivity contribution < 1.29 is 14.3 Å². The highest BCUT2D eigenvalue weighted by molar-refractivity contribution is 5.69. The quantitative estimate of drug-likeness (QED) is 0.533. The monoisotopic (exact) mass is 226 g/mol. The molecule has 0 N–H and O–H groups in total. The van der Waals surface area contributed by atoms with Crippen LogP contribution in [0.25, 0.3) is 0 Å². The molecule has 16 heavy (non-hydrogen) atoms. The molecule has 1 fully saturated rings. The predicted molar refractivity (Wildman–Crippen MR) is 63.0 cm³/mol. The third-order valence-corrected chi connectivity index (χ3v) is 2.85. The molecule has 0 saturated carbocycles. The number of allylic oxidation sites excluding steroid dienone is 2. The number of hydrogen-bond acceptors (Lipinski definition) is 3. The third-order valence-electron chi connectivity index (χ3n) is 2.85. The molecule has 1 aliphatic heterocycles. The molecule has 1 rings (SSSR count). The first kappa shape index (κ1) is 13.2. The predicted octanol–water partition coefficient (Wildman–Crippen LogP) is 3.19. The van der Waals surface area contributed by atoms with Gasteiger partial charge in [0.2, 0.25) is 6.29 Å². The van der Waals surface area contributed by atoms with Crippen LogP contribution in [-0.2, 0) is 14.3 Å². The molecule has 0 aliphatic carbocycles. The Bertz CT molecular complexity index is 240. The van der Waals surface area contributed by atoms with Crippen LogP contribution in [0.2, 0.25) is 0 Å². The number of rotatable bonds is 5. The first-order chi connectivity index (χ1) is 7.72. The van der Waals surface area contributed by atoms with E-state index in [9.17, 15) is 4.79 Å². The van der Waals surface area contributed by atoms with Crippen molar-refractivity contribution in [2.45, 2.75) is 58.7 Å². The first-order valence-corrected chi connectivity index (χ1v) is 6.15. The van der Waals surface area contributed by atoms with Crippen LogP contribution in [-0.4, -0.2) is 18.9 Å². The van der Waals surface area contributed by atoms with Crippen LogP contribution < -0.4 is 0 Å². The molecule has 92 valence electrons. The van der Waals surface area contributed by atoms with Crippen LogP contribution in [0.15, 0.2) is 11.6 Å². The van der Waals surface area contributed by atoms with Gasteiger partial charge in [0.15, 0.2) is 0 Å². The smallest absolute Gasteiger partial charge is 0.308 e. The molecule has 0 amide bonds. The summed E-state index contributed by atoms with van der Waals surface area (Å²) in [5.74, 6) is -0.129. The number of carbonyl (C=O) groups is 1. The van der Waals surface area contributed by atoms with E-state index in [1.54, 1.807) is 0 Å². The summed E-state index contributed by atoms with van der Waals surface area (Å²) in [5.41, 5.74) is 1.32. The number of carbonyl (C=O) groups excluding carboxylic acids is 1. The largest absolute Gasteiger partial charge is 0.436 e. The van der Waals surface area contributed by atoms with Gasteiger partial charge in [-0.1, -0.05) is 11.6 Å². The van der Waals surface area contributed by atoms with Crippen LogP contribution in [0.5, 0.6) is 0 Å². The summed E-state index contributed by atoms with van der Waals surface area (Å²) in [6.45, 7) is 4.81. The van der Waals surface area contributed by atoms with Gasteiger partial charge in [-0.05, 0) is 39.5 Å². The fourth-order valence-electron chi connectivity index (χ4n) is 1.67. The summed E-state index contributed by atoms with van der Waals surface area (Å²) in [6.07, 6.45) is 7.13. The minimum Gasteiger partial charge on any atom is -0.436 e. The van der Waals surface area contributed by atoms with Crippen molar-refractivity contribution in [3.05, 3.63) is 11.6 Å². The fourth-order valence-corrected chi connectivity index (χ4v) is 1.67. The molecule has 1 heterocycles. The van der Waals surface area contributed by atoms with Crippen molar-refractivity contribution in [1.29, 1.82) is 0 Å². The standard InChI is InChI=1S/C13H22O3/c1-3-11(2)7-6-8-12(14)16-13-9-4-5-10-15-13/h3,13H,4-10H2,1-2H3/b11-3+. The minimum absolute atomic E-state index is 0.129. The highest BCUT2D eigenvalue weighted by Crippen LogP contribution is 2.15. The van der Waals surface area contributed by atoms with E-state index in [4.69, 9.17) is 9.47 Å². The van der Waals surface area contributed by atoms with Gasteiger partial charge in [0.25, 0.3) is 0 Å². The van der Waals surface area contributed by atoms with Gasteiger partial charge in [-0.25, -0.2) is 0 Å². The maximum atomic E-state index is 11.5. The minimum atomic E-state index is -0.288. The molecule has 0 aromatic heterocycles. The van der Waals surface area contributed by atoms with Crippen LogP contribution in [0, 0.1) is 0 Å². The Labute approximate surface area is 97.8 Å². The number of ether oxygens (including phenoxy) is 2. The van der Waals surface area contributed by atoms with E-state index in [1.165, 1.54) is 5.57 Å². The Morgan fingerprint density at radius 2 is 2.25 bits per heavy atom. The van der Waals surface area contributed by atoms with Crippen LogP contribution in [0.1, 0.15) is 52.4 Å². The molecule has 0 radical (unpaired) electrons. The summed E-state index contributed by atoms with van der Waals surface area (Å²) in [7, 11) is 0. The summed E-state index contributed by atoms with van der Waals surface area (Å²) >= 11 is 0. The maximum Gasteiger partial charge on any atom is 0.308 e. The molecule has 3 nitrogen and oxygen atoms in total.